The summed E-state index contributed by atoms with van der Waals surface area (Å²) in [5, 5.41) is 9.43. The minimum atomic E-state index is -3.61. The largest absolute Gasteiger partial charge is 0.392 e. The Morgan fingerprint density at radius 3 is 2.81 bits per heavy atom. The molecule has 1 heterocycles. The average molecular weight is 332 g/mol. The third-order valence-corrected chi connectivity index (χ3v) is 6.39. The summed E-state index contributed by atoms with van der Waals surface area (Å²) in [6.45, 7) is 2.42. The standard InChI is InChI=1S/C15H22ClNO3S/c1-2-5-13-6-3-4-9-17(13)21(19,20)15-10-12(11-18)7-8-14(15)16/h7-8,10,13,18H,2-6,9,11H2,1H3. The molecule has 1 N–H and O–H groups in total. The van der Waals surface area contributed by atoms with Gasteiger partial charge < -0.3 is 5.11 Å². The van der Waals surface area contributed by atoms with Crippen LogP contribution in [0.15, 0.2) is 23.1 Å². The molecule has 1 aliphatic heterocycles. The number of benzene rings is 1. The number of piperidine rings is 1. The average Bonchev–Trinajstić information content (AvgIpc) is 2.48. The summed E-state index contributed by atoms with van der Waals surface area (Å²) in [7, 11) is -3.61. The Labute approximate surface area is 131 Å². The van der Waals surface area contributed by atoms with Crippen LogP contribution in [-0.4, -0.2) is 30.4 Å². The summed E-state index contributed by atoms with van der Waals surface area (Å²) in [6, 6.07) is 4.72. The Morgan fingerprint density at radius 1 is 1.38 bits per heavy atom. The predicted molar refractivity (Wildman–Crippen MR) is 83.8 cm³/mol. The van der Waals surface area contributed by atoms with Crippen molar-refractivity contribution in [2.24, 2.45) is 0 Å². The van der Waals surface area contributed by atoms with E-state index in [0.29, 0.717) is 12.1 Å². The smallest absolute Gasteiger partial charge is 0.244 e. The second-order valence-electron chi connectivity index (χ2n) is 5.48. The fraction of sp³-hybridized carbons (Fsp3) is 0.600. The fourth-order valence-corrected chi connectivity index (χ4v) is 5.13. The van der Waals surface area contributed by atoms with Gasteiger partial charge in [-0.05, 0) is 37.0 Å². The summed E-state index contributed by atoms with van der Waals surface area (Å²) >= 11 is 6.09. The first-order valence-corrected chi connectivity index (χ1v) is 9.23. The van der Waals surface area contributed by atoms with Crippen LogP contribution in [0.4, 0.5) is 0 Å². The lowest BCUT2D eigenvalue weighted by Gasteiger charge is -2.34. The molecular formula is C15H22ClNO3S. The first-order chi connectivity index (χ1) is 10.0. The van der Waals surface area contributed by atoms with Gasteiger partial charge in [0, 0.05) is 12.6 Å². The Balaban J connectivity index is 2.40. The van der Waals surface area contributed by atoms with Crippen LogP contribution >= 0.6 is 11.6 Å². The number of halogens is 1. The van der Waals surface area contributed by atoms with E-state index in [2.05, 4.69) is 6.92 Å². The SMILES string of the molecule is CCCC1CCCCN1S(=O)(=O)c1cc(CO)ccc1Cl. The van der Waals surface area contributed by atoms with E-state index in [9.17, 15) is 13.5 Å². The van der Waals surface area contributed by atoms with Gasteiger partial charge in [-0.3, -0.25) is 0 Å². The molecule has 6 heteroatoms. The van der Waals surface area contributed by atoms with E-state index in [-0.39, 0.29) is 22.6 Å². The van der Waals surface area contributed by atoms with Crippen molar-refractivity contribution in [1.82, 2.24) is 4.31 Å². The van der Waals surface area contributed by atoms with Crippen LogP contribution in [0, 0.1) is 0 Å². The zero-order valence-electron chi connectivity index (χ0n) is 12.3. The maximum atomic E-state index is 12.9. The molecule has 1 unspecified atom stereocenters. The lowest BCUT2D eigenvalue weighted by atomic mass is 10.0. The summed E-state index contributed by atoms with van der Waals surface area (Å²) in [5.74, 6) is 0. The second kappa shape index (κ2) is 7.09. The van der Waals surface area contributed by atoms with Gasteiger partial charge in [0.05, 0.1) is 11.6 Å². The van der Waals surface area contributed by atoms with E-state index >= 15 is 0 Å². The van der Waals surface area contributed by atoms with Crippen LogP contribution in [0.25, 0.3) is 0 Å². The highest BCUT2D eigenvalue weighted by Crippen LogP contribution is 2.31. The van der Waals surface area contributed by atoms with Crippen LogP contribution in [-0.2, 0) is 16.6 Å². The van der Waals surface area contributed by atoms with E-state index in [4.69, 9.17) is 11.6 Å². The van der Waals surface area contributed by atoms with Gasteiger partial charge in [-0.2, -0.15) is 4.31 Å². The van der Waals surface area contributed by atoms with Crippen LogP contribution in [0.1, 0.15) is 44.6 Å². The normalized spacial score (nSPS) is 20.6. The molecule has 1 aromatic carbocycles. The van der Waals surface area contributed by atoms with Gasteiger partial charge in [0.2, 0.25) is 10.0 Å². The lowest BCUT2D eigenvalue weighted by molar-refractivity contribution is 0.239. The molecule has 1 fully saturated rings. The summed E-state index contributed by atoms with van der Waals surface area (Å²) < 4.78 is 27.4. The lowest BCUT2D eigenvalue weighted by Crippen LogP contribution is -2.43. The van der Waals surface area contributed by atoms with Gasteiger partial charge in [0.1, 0.15) is 4.90 Å². The van der Waals surface area contributed by atoms with Crippen LogP contribution in [0.3, 0.4) is 0 Å². The van der Waals surface area contributed by atoms with E-state index < -0.39 is 10.0 Å². The van der Waals surface area contributed by atoms with Gasteiger partial charge in [-0.15, -0.1) is 0 Å². The zero-order valence-corrected chi connectivity index (χ0v) is 13.8. The topological polar surface area (TPSA) is 57.6 Å². The van der Waals surface area contributed by atoms with Crippen LogP contribution in [0.2, 0.25) is 5.02 Å². The first kappa shape index (κ1) is 16.7. The van der Waals surface area contributed by atoms with Crippen LogP contribution in [0.5, 0.6) is 0 Å². The highest BCUT2D eigenvalue weighted by atomic mass is 35.5. The number of aliphatic hydroxyl groups excluding tert-OH is 1. The predicted octanol–water partition coefficient (Wildman–Crippen LogP) is 3.18. The highest BCUT2D eigenvalue weighted by molar-refractivity contribution is 7.89. The second-order valence-corrected chi connectivity index (χ2v) is 7.74. The van der Waals surface area contributed by atoms with Crippen molar-refractivity contribution < 1.29 is 13.5 Å². The van der Waals surface area contributed by atoms with Gasteiger partial charge in [-0.25, -0.2) is 8.42 Å². The molecule has 0 aromatic heterocycles. The van der Waals surface area contributed by atoms with Gasteiger partial charge in [0.15, 0.2) is 0 Å². The van der Waals surface area contributed by atoms with E-state index in [1.165, 1.54) is 6.07 Å². The van der Waals surface area contributed by atoms with E-state index in [0.717, 1.165) is 32.1 Å². The van der Waals surface area contributed by atoms with Crippen molar-refractivity contribution >= 4 is 21.6 Å². The van der Waals surface area contributed by atoms with Crippen molar-refractivity contribution in [1.29, 1.82) is 0 Å². The Morgan fingerprint density at radius 2 is 2.14 bits per heavy atom. The van der Waals surface area contributed by atoms with Crippen LogP contribution < -0.4 is 0 Å². The maximum Gasteiger partial charge on any atom is 0.244 e. The van der Waals surface area contributed by atoms with E-state index in [1.807, 2.05) is 0 Å². The first-order valence-electron chi connectivity index (χ1n) is 7.41. The molecule has 1 aromatic rings. The minimum Gasteiger partial charge on any atom is -0.392 e. The fourth-order valence-electron chi connectivity index (χ4n) is 2.88. The third kappa shape index (κ3) is 3.59. The van der Waals surface area contributed by atoms with Gasteiger partial charge >= 0.3 is 0 Å². The van der Waals surface area contributed by atoms with Crippen molar-refractivity contribution in [3.63, 3.8) is 0 Å². The van der Waals surface area contributed by atoms with Crippen molar-refractivity contribution in [2.75, 3.05) is 6.54 Å². The van der Waals surface area contributed by atoms with Crippen molar-refractivity contribution in [3.8, 4) is 0 Å². The quantitative estimate of drug-likeness (QED) is 0.901. The molecule has 0 spiro atoms. The molecule has 0 amide bonds. The zero-order chi connectivity index (χ0) is 15.5. The van der Waals surface area contributed by atoms with E-state index in [1.54, 1.807) is 16.4 Å². The molecule has 0 radical (unpaired) electrons. The summed E-state index contributed by atoms with van der Waals surface area (Å²) in [6.07, 6.45) is 4.69. The highest BCUT2D eigenvalue weighted by Gasteiger charge is 2.34. The molecule has 0 aliphatic carbocycles. The number of aliphatic hydroxyl groups is 1. The Kier molecular flexibility index (Phi) is 5.66. The molecule has 0 bridgehead atoms. The molecule has 1 atom stereocenters. The van der Waals surface area contributed by atoms with Gasteiger partial charge in [-0.1, -0.05) is 37.4 Å². The van der Waals surface area contributed by atoms with Crippen molar-refractivity contribution in [3.05, 3.63) is 28.8 Å². The molecule has 1 saturated heterocycles. The minimum absolute atomic E-state index is 0.0580. The van der Waals surface area contributed by atoms with Crippen molar-refractivity contribution in [2.45, 2.75) is 56.6 Å². The molecule has 21 heavy (non-hydrogen) atoms. The number of rotatable bonds is 5. The Hall–Kier alpha value is -0.620. The number of sulfonamides is 1. The molecular weight excluding hydrogens is 310 g/mol. The molecule has 1 aliphatic rings. The number of nitrogens with zero attached hydrogens (tertiary/aromatic N) is 1. The number of hydrogen-bond donors (Lipinski definition) is 1. The monoisotopic (exact) mass is 331 g/mol. The Bertz CT molecular complexity index is 587. The third-order valence-electron chi connectivity index (χ3n) is 3.96. The number of hydrogen-bond acceptors (Lipinski definition) is 3. The molecule has 2 rings (SSSR count). The summed E-state index contributed by atoms with van der Waals surface area (Å²) in [5.41, 5.74) is 0.557. The molecule has 0 saturated carbocycles. The summed E-state index contributed by atoms with van der Waals surface area (Å²) in [4.78, 5) is 0.110. The van der Waals surface area contributed by atoms with Gasteiger partial charge in [0.25, 0.3) is 0 Å². The maximum absolute atomic E-state index is 12.9. The molecule has 4 nitrogen and oxygen atoms in total. The molecule has 118 valence electrons.